The van der Waals surface area contributed by atoms with Crippen molar-refractivity contribution in [1.29, 1.82) is 0 Å². The Bertz CT molecular complexity index is 789. The molecule has 2 aromatic carbocycles. The molecule has 0 unspecified atom stereocenters. The zero-order valence-electron chi connectivity index (χ0n) is 12.4. The van der Waals surface area contributed by atoms with Crippen LogP contribution in [0, 0.1) is 0 Å². The van der Waals surface area contributed by atoms with E-state index in [1.165, 1.54) is 24.3 Å². The number of halogens is 5. The summed E-state index contributed by atoms with van der Waals surface area (Å²) in [7, 11) is 0. The van der Waals surface area contributed by atoms with Gasteiger partial charge in [-0.15, -0.1) is 0 Å². The Hall–Kier alpha value is -2.25. The summed E-state index contributed by atoms with van der Waals surface area (Å²) in [5.41, 5.74) is -0.929. The van der Waals surface area contributed by atoms with E-state index in [9.17, 15) is 22.8 Å². The molecule has 0 aliphatic heterocycles. The lowest BCUT2D eigenvalue weighted by Gasteiger charge is -2.10. The van der Waals surface area contributed by atoms with E-state index in [0.29, 0.717) is 0 Å². The molecular formula is C16H10Cl2F3NO3. The lowest BCUT2D eigenvalue weighted by molar-refractivity contribution is -0.137. The minimum absolute atomic E-state index is 0.0457. The molecular weight excluding hydrogens is 382 g/mol. The zero-order valence-corrected chi connectivity index (χ0v) is 13.9. The molecule has 25 heavy (non-hydrogen) atoms. The molecule has 2 rings (SSSR count). The maximum Gasteiger partial charge on any atom is 0.416 e. The van der Waals surface area contributed by atoms with Crippen molar-refractivity contribution in [2.24, 2.45) is 0 Å². The maximum atomic E-state index is 12.6. The second-order valence-electron chi connectivity index (χ2n) is 4.86. The van der Waals surface area contributed by atoms with Crippen molar-refractivity contribution in [2.75, 3.05) is 11.9 Å². The molecule has 0 bridgehead atoms. The molecule has 0 heterocycles. The minimum Gasteiger partial charge on any atom is -0.452 e. The molecule has 1 amide bonds. The van der Waals surface area contributed by atoms with Gasteiger partial charge in [-0.1, -0.05) is 29.3 Å². The van der Waals surface area contributed by atoms with Gasteiger partial charge in [-0.3, -0.25) is 4.79 Å². The van der Waals surface area contributed by atoms with E-state index >= 15 is 0 Å². The van der Waals surface area contributed by atoms with E-state index in [1.54, 1.807) is 0 Å². The zero-order chi connectivity index (χ0) is 18.6. The van der Waals surface area contributed by atoms with Crippen LogP contribution in [-0.4, -0.2) is 18.5 Å². The fourth-order valence-electron chi connectivity index (χ4n) is 1.86. The third-order valence-corrected chi connectivity index (χ3v) is 3.34. The Balaban J connectivity index is 1.96. The van der Waals surface area contributed by atoms with Crippen LogP contribution in [0.4, 0.5) is 18.9 Å². The largest absolute Gasteiger partial charge is 0.452 e. The van der Waals surface area contributed by atoms with Crippen LogP contribution < -0.4 is 5.32 Å². The SMILES string of the molecule is O=C(COC(=O)c1cc(Cl)cc(Cl)c1)Nc1cccc(C(F)(F)F)c1. The van der Waals surface area contributed by atoms with Gasteiger partial charge in [0.1, 0.15) is 0 Å². The van der Waals surface area contributed by atoms with Crippen LogP contribution in [-0.2, 0) is 15.7 Å². The Morgan fingerprint density at radius 2 is 1.68 bits per heavy atom. The summed E-state index contributed by atoms with van der Waals surface area (Å²) in [6.07, 6.45) is -4.53. The Labute approximate surface area is 150 Å². The Morgan fingerprint density at radius 3 is 2.28 bits per heavy atom. The molecule has 0 aliphatic carbocycles. The van der Waals surface area contributed by atoms with Crippen molar-refractivity contribution in [1.82, 2.24) is 0 Å². The number of carbonyl (C=O) groups excluding carboxylic acids is 2. The van der Waals surface area contributed by atoms with Gasteiger partial charge in [0.25, 0.3) is 5.91 Å². The fraction of sp³-hybridized carbons (Fsp3) is 0.125. The first kappa shape index (κ1) is 19.1. The molecule has 9 heteroatoms. The number of amides is 1. The molecule has 0 spiro atoms. The molecule has 0 saturated heterocycles. The highest BCUT2D eigenvalue weighted by atomic mass is 35.5. The topological polar surface area (TPSA) is 55.4 Å². The van der Waals surface area contributed by atoms with Gasteiger partial charge < -0.3 is 10.1 Å². The summed E-state index contributed by atoms with van der Waals surface area (Å²) in [6, 6.07) is 8.11. The lowest BCUT2D eigenvalue weighted by Crippen LogP contribution is -2.21. The lowest BCUT2D eigenvalue weighted by atomic mass is 10.2. The van der Waals surface area contributed by atoms with Crippen molar-refractivity contribution < 1.29 is 27.5 Å². The third-order valence-electron chi connectivity index (χ3n) is 2.91. The number of hydrogen-bond donors (Lipinski definition) is 1. The number of alkyl halides is 3. The molecule has 0 radical (unpaired) electrons. The van der Waals surface area contributed by atoms with Crippen molar-refractivity contribution in [3.63, 3.8) is 0 Å². The van der Waals surface area contributed by atoms with E-state index in [2.05, 4.69) is 5.32 Å². The molecule has 0 aromatic heterocycles. The molecule has 1 N–H and O–H groups in total. The van der Waals surface area contributed by atoms with Gasteiger partial charge in [0.15, 0.2) is 6.61 Å². The number of anilines is 1. The predicted molar refractivity (Wildman–Crippen MR) is 86.8 cm³/mol. The highest BCUT2D eigenvalue weighted by molar-refractivity contribution is 6.35. The van der Waals surface area contributed by atoms with Gasteiger partial charge >= 0.3 is 12.1 Å². The number of carbonyl (C=O) groups is 2. The highest BCUT2D eigenvalue weighted by Crippen LogP contribution is 2.30. The van der Waals surface area contributed by atoms with Crippen LogP contribution in [0.2, 0.25) is 10.0 Å². The minimum atomic E-state index is -4.53. The van der Waals surface area contributed by atoms with E-state index in [1.807, 2.05) is 0 Å². The normalized spacial score (nSPS) is 11.1. The van der Waals surface area contributed by atoms with E-state index < -0.39 is 30.2 Å². The molecule has 132 valence electrons. The molecule has 0 saturated carbocycles. The monoisotopic (exact) mass is 391 g/mol. The standard InChI is InChI=1S/C16H10Cl2F3NO3/c17-11-4-9(5-12(18)7-11)15(24)25-8-14(23)22-13-3-1-2-10(6-13)16(19,20)21/h1-7H,8H2,(H,22,23). The van der Waals surface area contributed by atoms with E-state index in [0.717, 1.165) is 18.2 Å². The average molecular weight is 392 g/mol. The first-order valence-corrected chi connectivity index (χ1v) is 7.51. The number of benzene rings is 2. The summed E-state index contributed by atoms with van der Waals surface area (Å²) in [4.78, 5) is 23.5. The van der Waals surface area contributed by atoms with Crippen molar-refractivity contribution in [3.8, 4) is 0 Å². The second-order valence-corrected chi connectivity index (χ2v) is 5.73. The smallest absolute Gasteiger partial charge is 0.416 e. The quantitative estimate of drug-likeness (QED) is 0.761. The molecule has 0 aliphatic rings. The first-order valence-electron chi connectivity index (χ1n) is 6.75. The summed E-state index contributed by atoms with van der Waals surface area (Å²) in [6.45, 7) is -0.681. The van der Waals surface area contributed by atoms with Gasteiger partial charge in [-0.25, -0.2) is 4.79 Å². The van der Waals surface area contributed by atoms with Crippen molar-refractivity contribution in [3.05, 3.63) is 63.6 Å². The van der Waals surface area contributed by atoms with Crippen molar-refractivity contribution in [2.45, 2.75) is 6.18 Å². The van der Waals surface area contributed by atoms with Gasteiger partial charge in [0.2, 0.25) is 0 Å². The van der Waals surface area contributed by atoms with Crippen LogP contribution in [0.1, 0.15) is 15.9 Å². The third kappa shape index (κ3) is 5.65. The first-order chi connectivity index (χ1) is 11.6. The number of hydrogen-bond acceptors (Lipinski definition) is 3. The van der Waals surface area contributed by atoms with E-state index in [-0.39, 0.29) is 21.3 Å². The second kappa shape index (κ2) is 7.76. The van der Waals surface area contributed by atoms with Gasteiger partial charge in [-0.2, -0.15) is 13.2 Å². The van der Waals surface area contributed by atoms with Crippen LogP contribution in [0.15, 0.2) is 42.5 Å². The van der Waals surface area contributed by atoms with E-state index in [4.69, 9.17) is 27.9 Å². The van der Waals surface area contributed by atoms with Crippen LogP contribution in [0.25, 0.3) is 0 Å². The maximum absolute atomic E-state index is 12.6. The molecule has 2 aromatic rings. The molecule has 4 nitrogen and oxygen atoms in total. The highest BCUT2D eigenvalue weighted by Gasteiger charge is 2.30. The summed E-state index contributed by atoms with van der Waals surface area (Å²) in [5, 5.41) is 2.65. The number of rotatable bonds is 4. The van der Waals surface area contributed by atoms with Gasteiger partial charge in [0, 0.05) is 15.7 Å². The predicted octanol–water partition coefficient (Wildman–Crippen LogP) is 4.81. The number of nitrogens with one attached hydrogen (secondary N) is 1. The fourth-order valence-corrected chi connectivity index (χ4v) is 2.38. The Kier molecular flexibility index (Phi) is 5.92. The van der Waals surface area contributed by atoms with Crippen LogP contribution in [0.5, 0.6) is 0 Å². The van der Waals surface area contributed by atoms with Crippen molar-refractivity contribution >= 4 is 40.8 Å². The summed E-state index contributed by atoms with van der Waals surface area (Å²) >= 11 is 11.5. The average Bonchev–Trinajstić information content (AvgIpc) is 2.51. The molecule has 0 atom stereocenters. The number of ether oxygens (including phenoxy) is 1. The van der Waals surface area contributed by atoms with Crippen LogP contribution >= 0.6 is 23.2 Å². The van der Waals surface area contributed by atoms with Gasteiger partial charge in [-0.05, 0) is 36.4 Å². The Morgan fingerprint density at radius 1 is 1.04 bits per heavy atom. The summed E-state index contributed by atoms with van der Waals surface area (Å²) in [5.74, 6) is -1.63. The summed E-state index contributed by atoms with van der Waals surface area (Å²) < 4.78 is 42.6. The number of esters is 1. The van der Waals surface area contributed by atoms with Crippen LogP contribution in [0.3, 0.4) is 0 Å². The van der Waals surface area contributed by atoms with Gasteiger partial charge in [0.05, 0.1) is 11.1 Å². The molecule has 0 fully saturated rings.